The van der Waals surface area contributed by atoms with Gasteiger partial charge in [-0.3, -0.25) is 0 Å². The summed E-state index contributed by atoms with van der Waals surface area (Å²) in [6.45, 7) is 2.32. The smallest absolute Gasteiger partial charge is 0.0620 e. The van der Waals surface area contributed by atoms with Crippen molar-refractivity contribution >= 4 is 23.2 Å². The Morgan fingerprint density at radius 2 is 0.818 bits per heavy atom. The first-order valence-electron chi connectivity index (χ1n) is 7.43. The summed E-state index contributed by atoms with van der Waals surface area (Å²) in [6.07, 6.45) is 1.14. The first-order chi connectivity index (χ1) is 10.4. The molecule has 0 aliphatic rings. The van der Waals surface area contributed by atoms with Crippen molar-refractivity contribution in [3.8, 4) is 0 Å². The minimum absolute atomic E-state index is 0. The van der Waals surface area contributed by atoms with Crippen LogP contribution in [0.1, 0.15) is 6.92 Å². The minimum atomic E-state index is -1.53. The van der Waals surface area contributed by atoms with E-state index in [-0.39, 0.29) is 24.0 Å². The fourth-order valence-electron chi connectivity index (χ4n) is 3.04. The van der Waals surface area contributed by atoms with Gasteiger partial charge in [0.25, 0.3) is 0 Å². The molecular formula is C20H20IP+2. The highest BCUT2D eigenvalue weighted by molar-refractivity contribution is 7.95. The molecule has 0 spiro atoms. The molecule has 0 amide bonds. The summed E-state index contributed by atoms with van der Waals surface area (Å²) in [5.41, 5.74) is 0. The minimum Gasteiger partial charge on any atom is -0.0620 e. The summed E-state index contributed by atoms with van der Waals surface area (Å²) in [7, 11) is -1.53. The molecule has 2 radical (unpaired) electrons. The third-order valence-electron chi connectivity index (χ3n) is 4.07. The first-order valence-corrected chi connectivity index (χ1v) is 9.40. The van der Waals surface area contributed by atoms with Gasteiger partial charge in [0, 0.05) is 0 Å². The van der Waals surface area contributed by atoms with E-state index in [1.807, 2.05) is 0 Å². The lowest BCUT2D eigenvalue weighted by Crippen LogP contribution is -3.00. The molecule has 0 bridgehead atoms. The van der Waals surface area contributed by atoms with Crippen LogP contribution < -0.4 is 39.9 Å². The molecule has 0 atom stereocenters. The summed E-state index contributed by atoms with van der Waals surface area (Å²) < 4.78 is 0. The average Bonchev–Trinajstić information content (AvgIpc) is 2.59. The molecule has 2 heteroatoms. The van der Waals surface area contributed by atoms with Crippen molar-refractivity contribution in [2.24, 2.45) is 0 Å². The zero-order valence-corrected chi connectivity index (χ0v) is 15.7. The van der Waals surface area contributed by atoms with Gasteiger partial charge in [0.15, 0.2) is 0 Å². The highest BCUT2D eigenvalue weighted by Crippen LogP contribution is 2.54. The van der Waals surface area contributed by atoms with Crippen LogP contribution in [0.25, 0.3) is 0 Å². The number of rotatable bonds is 4. The Morgan fingerprint density at radius 1 is 0.545 bits per heavy atom. The van der Waals surface area contributed by atoms with Crippen LogP contribution in [0.3, 0.4) is 0 Å². The Balaban J connectivity index is 0.00000176. The lowest BCUT2D eigenvalue weighted by atomic mass is 10.4. The molecule has 0 N–H and O–H groups in total. The van der Waals surface area contributed by atoms with Crippen molar-refractivity contribution in [2.45, 2.75) is 6.92 Å². The van der Waals surface area contributed by atoms with Gasteiger partial charge in [-0.05, 0) is 43.3 Å². The second-order valence-corrected chi connectivity index (χ2v) is 8.93. The van der Waals surface area contributed by atoms with Crippen LogP contribution in [0.15, 0.2) is 91.0 Å². The van der Waals surface area contributed by atoms with Gasteiger partial charge < -0.3 is 0 Å². The molecular weight excluding hydrogens is 398 g/mol. The van der Waals surface area contributed by atoms with E-state index in [0.29, 0.717) is 0 Å². The lowest BCUT2D eigenvalue weighted by molar-refractivity contribution is -0.00000409. The quantitative estimate of drug-likeness (QED) is 0.439. The molecule has 0 aromatic heterocycles. The van der Waals surface area contributed by atoms with Crippen molar-refractivity contribution in [1.82, 2.24) is 0 Å². The van der Waals surface area contributed by atoms with Crippen LogP contribution in [-0.4, -0.2) is 6.16 Å². The van der Waals surface area contributed by atoms with Gasteiger partial charge in [-0.25, -0.2) is 0 Å². The van der Waals surface area contributed by atoms with Crippen LogP contribution in [0.5, 0.6) is 0 Å². The van der Waals surface area contributed by atoms with E-state index in [1.165, 1.54) is 15.9 Å². The van der Waals surface area contributed by atoms with Gasteiger partial charge in [0.05, 0.1) is 6.16 Å². The SMILES string of the molecule is CC[P+](c1ccccc1)(c1ccccc1)c1ccccc1.[I+]. The average molecular weight is 418 g/mol. The summed E-state index contributed by atoms with van der Waals surface area (Å²) in [5, 5.41) is 4.39. The summed E-state index contributed by atoms with van der Waals surface area (Å²) in [5.74, 6) is 0. The van der Waals surface area contributed by atoms with Gasteiger partial charge in [0.1, 0.15) is 23.2 Å². The summed E-state index contributed by atoms with van der Waals surface area (Å²) >= 11 is 0. The van der Waals surface area contributed by atoms with Crippen molar-refractivity contribution in [2.75, 3.05) is 6.16 Å². The predicted molar refractivity (Wildman–Crippen MR) is 95.7 cm³/mol. The largest absolute Gasteiger partial charge is 1.00 e. The molecule has 3 rings (SSSR count). The molecule has 0 aliphatic carbocycles. The predicted octanol–water partition coefficient (Wildman–Crippen LogP) is 1.00. The Morgan fingerprint density at radius 3 is 1.05 bits per heavy atom. The van der Waals surface area contributed by atoms with E-state index >= 15 is 0 Å². The molecule has 0 saturated carbocycles. The second kappa shape index (κ2) is 7.89. The van der Waals surface area contributed by atoms with E-state index in [9.17, 15) is 0 Å². The number of benzene rings is 3. The van der Waals surface area contributed by atoms with Crippen LogP contribution in [0, 0.1) is 0 Å². The maximum atomic E-state index is 2.32. The molecule has 0 unspecified atom stereocenters. The van der Waals surface area contributed by atoms with Crippen LogP contribution in [0.2, 0.25) is 0 Å². The van der Waals surface area contributed by atoms with Crippen molar-refractivity contribution in [3.05, 3.63) is 91.0 Å². The highest BCUT2D eigenvalue weighted by Gasteiger charge is 2.43. The third-order valence-corrected chi connectivity index (χ3v) is 8.55. The fourth-order valence-corrected chi connectivity index (χ4v) is 7.08. The van der Waals surface area contributed by atoms with Crippen molar-refractivity contribution in [1.29, 1.82) is 0 Å². The Hall–Kier alpha value is -1.18. The van der Waals surface area contributed by atoms with Crippen molar-refractivity contribution in [3.63, 3.8) is 0 Å². The van der Waals surface area contributed by atoms with Gasteiger partial charge >= 0.3 is 24.0 Å². The summed E-state index contributed by atoms with van der Waals surface area (Å²) in [4.78, 5) is 0. The lowest BCUT2D eigenvalue weighted by Gasteiger charge is -2.26. The normalized spacial score (nSPS) is 10.8. The maximum Gasteiger partial charge on any atom is 1.00 e. The molecule has 0 nitrogen and oxygen atoms in total. The van der Waals surface area contributed by atoms with E-state index in [2.05, 4.69) is 97.9 Å². The zero-order valence-electron chi connectivity index (χ0n) is 12.7. The maximum absolute atomic E-state index is 2.32. The molecule has 0 heterocycles. The molecule has 0 saturated heterocycles. The standard InChI is InChI=1S/C20H20P.I/c1-2-21(18-12-6-3-7-13-18,19-14-8-4-9-15-19)20-16-10-5-11-17-20;/h3-17H,2H2,1H3;/q2*+1. The molecule has 0 fully saturated rings. The Bertz CT molecular complexity index is 584. The summed E-state index contributed by atoms with van der Waals surface area (Å²) in [6, 6.07) is 33.0. The number of hydrogen-bond donors (Lipinski definition) is 0. The first kappa shape index (κ1) is 17.2. The second-order valence-electron chi connectivity index (χ2n) is 5.13. The highest BCUT2D eigenvalue weighted by atomic mass is 127. The topological polar surface area (TPSA) is 0 Å². The van der Waals surface area contributed by atoms with Crippen LogP contribution in [0.4, 0.5) is 0 Å². The zero-order chi connectivity index (χ0) is 14.5. The fraction of sp³-hybridized carbons (Fsp3) is 0.100. The van der Waals surface area contributed by atoms with E-state index in [1.54, 1.807) is 0 Å². The third kappa shape index (κ3) is 3.11. The molecule has 22 heavy (non-hydrogen) atoms. The van der Waals surface area contributed by atoms with Gasteiger partial charge in [0.2, 0.25) is 0 Å². The van der Waals surface area contributed by atoms with Crippen LogP contribution in [-0.2, 0) is 0 Å². The molecule has 3 aromatic carbocycles. The Kier molecular flexibility index (Phi) is 6.16. The van der Waals surface area contributed by atoms with E-state index in [0.717, 1.165) is 6.16 Å². The van der Waals surface area contributed by atoms with E-state index in [4.69, 9.17) is 0 Å². The monoisotopic (exact) mass is 418 g/mol. The number of hydrogen-bond acceptors (Lipinski definition) is 0. The molecule has 0 aliphatic heterocycles. The van der Waals surface area contributed by atoms with Crippen LogP contribution >= 0.6 is 7.26 Å². The van der Waals surface area contributed by atoms with Gasteiger partial charge in [-0.2, -0.15) is 0 Å². The van der Waals surface area contributed by atoms with Crippen molar-refractivity contribution < 1.29 is 24.0 Å². The number of halogens is 1. The Labute approximate surface area is 151 Å². The van der Waals surface area contributed by atoms with E-state index < -0.39 is 7.26 Å². The van der Waals surface area contributed by atoms with Gasteiger partial charge in [-0.1, -0.05) is 54.6 Å². The molecule has 3 aromatic rings. The van der Waals surface area contributed by atoms with Gasteiger partial charge in [-0.15, -0.1) is 0 Å². The molecule has 110 valence electrons.